The van der Waals surface area contributed by atoms with Gasteiger partial charge in [-0.2, -0.15) is 0 Å². The van der Waals surface area contributed by atoms with Crippen LogP contribution in [0.4, 0.5) is 0 Å². The zero-order valence-corrected chi connectivity index (χ0v) is 17.5. The molecule has 3 aromatic rings. The minimum Gasteiger partial charge on any atom is -0.478 e. The first-order valence-corrected chi connectivity index (χ1v) is 10.2. The number of carbonyl (C=O) groups is 2. The first kappa shape index (κ1) is 22.0. The van der Waals surface area contributed by atoms with Crippen LogP contribution in [0.2, 0.25) is 0 Å². The number of aromatic nitrogens is 3. The summed E-state index contributed by atoms with van der Waals surface area (Å²) in [6.07, 6.45) is 3.80. The number of carboxylic acid groups (broad SMARTS) is 1. The molecule has 0 unspecified atom stereocenters. The second-order valence-corrected chi connectivity index (χ2v) is 7.22. The molecule has 0 radical (unpaired) electrons. The summed E-state index contributed by atoms with van der Waals surface area (Å²) in [5.74, 6) is -0.761. The molecule has 7 nitrogen and oxygen atoms in total. The summed E-state index contributed by atoms with van der Waals surface area (Å²) in [5, 5.41) is 13.7. The Labute approximate surface area is 180 Å². The van der Waals surface area contributed by atoms with E-state index in [1.807, 2.05) is 31.2 Å². The van der Waals surface area contributed by atoms with Gasteiger partial charge in [0.1, 0.15) is 5.82 Å². The standard InChI is InChI=1S/C24H25N3O4/c1-3-5-11-21-25-27(22(28)8-4-2)24(31)26(21)16-17-12-14-18(15-13-17)19-9-6-7-10-20(19)23(29)30/h3,6-7,9-10,12-15H,1,4-5,8,11,16H2,2H3,(H,29,30). The van der Waals surface area contributed by atoms with E-state index in [2.05, 4.69) is 11.7 Å². The highest BCUT2D eigenvalue weighted by Crippen LogP contribution is 2.24. The lowest BCUT2D eigenvalue weighted by molar-refractivity contribution is 0.0697. The first-order chi connectivity index (χ1) is 15.0. The van der Waals surface area contributed by atoms with Gasteiger partial charge in [-0.05, 0) is 35.6 Å². The molecule has 1 N–H and O–H groups in total. The van der Waals surface area contributed by atoms with Crippen molar-refractivity contribution in [2.45, 2.75) is 39.2 Å². The van der Waals surface area contributed by atoms with E-state index >= 15 is 0 Å². The highest BCUT2D eigenvalue weighted by atomic mass is 16.4. The van der Waals surface area contributed by atoms with Crippen molar-refractivity contribution in [3.05, 3.63) is 88.6 Å². The Morgan fingerprint density at radius 2 is 1.84 bits per heavy atom. The molecule has 0 fully saturated rings. The van der Waals surface area contributed by atoms with Gasteiger partial charge in [0.15, 0.2) is 0 Å². The molecule has 3 rings (SSSR count). The quantitative estimate of drug-likeness (QED) is 0.529. The number of hydrogen-bond acceptors (Lipinski definition) is 4. The van der Waals surface area contributed by atoms with Crippen LogP contribution in [-0.2, 0) is 13.0 Å². The second kappa shape index (κ2) is 9.84. The van der Waals surface area contributed by atoms with E-state index in [4.69, 9.17) is 0 Å². The fourth-order valence-electron chi connectivity index (χ4n) is 3.39. The SMILES string of the molecule is C=CCCc1nn(C(=O)CCC)c(=O)n1Cc1ccc(-c2ccccc2C(=O)O)cc1. The topological polar surface area (TPSA) is 94.2 Å². The molecule has 0 spiro atoms. The third-order valence-corrected chi connectivity index (χ3v) is 4.97. The van der Waals surface area contributed by atoms with Gasteiger partial charge in [-0.3, -0.25) is 9.36 Å². The van der Waals surface area contributed by atoms with E-state index in [1.165, 1.54) is 4.57 Å². The van der Waals surface area contributed by atoms with Crippen LogP contribution >= 0.6 is 0 Å². The molecule has 0 aliphatic carbocycles. The van der Waals surface area contributed by atoms with E-state index in [9.17, 15) is 19.5 Å². The van der Waals surface area contributed by atoms with E-state index in [-0.39, 0.29) is 24.4 Å². The van der Waals surface area contributed by atoms with Crippen molar-refractivity contribution in [3.63, 3.8) is 0 Å². The van der Waals surface area contributed by atoms with Gasteiger partial charge in [-0.15, -0.1) is 16.4 Å². The molecule has 1 heterocycles. The highest BCUT2D eigenvalue weighted by Gasteiger charge is 2.18. The molecule has 0 saturated heterocycles. The van der Waals surface area contributed by atoms with Crippen molar-refractivity contribution in [1.82, 2.24) is 14.3 Å². The minimum absolute atomic E-state index is 0.230. The van der Waals surface area contributed by atoms with Crippen LogP contribution in [0.15, 0.2) is 66.0 Å². The number of aryl methyl sites for hydroxylation is 1. The molecular weight excluding hydrogens is 394 g/mol. The minimum atomic E-state index is -0.984. The molecule has 7 heteroatoms. The van der Waals surface area contributed by atoms with Gasteiger partial charge < -0.3 is 5.11 Å². The maximum absolute atomic E-state index is 12.8. The van der Waals surface area contributed by atoms with Crippen molar-refractivity contribution >= 4 is 11.9 Å². The van der Waals surface area contributed by atoms with Crippen molar-refractivity contribution in [2.75, 3.05) is 0 Å². The van der Waals surface area contributed by atoms with Crippen molar-refractivity contribution in [3.8, 4) is 11.1 Å². The van der Waals surface area contributed by atoms with E-state index in [0.717, 1.165) is 15.8 Å². The predicted molar refractivity (Wildman–Crippen MR) is 118 cm³/mol. The molecule has 0 saturated carbocycles. The number of aromatic carboxylic acids is 1. The lowest BCUT2D eigenvalue weighted by atomic mass is 9.99. The Bertz CT molecular complexity index is 1160. The van der Waals surface area contributed by atoms with Crippen LogP contribution in [-0.4, -0.2) is 31.3 Å². The summed E-state index contributed by atoms with van der Waals surface area (Å²) < 4.78 is 2.47. The maximum atomic E-state index is 12.8. The molecule has 0 aliphatic heterocycles. The van der Waals surface area contributed by atoms with Gasteiger partial charge in [0.25, 0.3) is 5.91 Å². The third kappa shape index (κ3) is 4.88. The van der Waals surface area contributed by atoms with E-state index in [1.54, 1.807) is 30.3 Å². The van der Waals surface area contributed by atoms with E-state index in [0.29, 0.717) is 30.7 Å². The summed E-state index contributed by atoms with van der Waals surface area (Å²) in [6, 6.07) is 14.2. The Hall–Kier alpha value is -3.74. The van der Waals surface area contributed by atoms with E-state index < -0.39 is 11.7 Å². The summed E-state index contributed by atoms with van der Waals surface area (Å²) in [5.41, 5.74) is 2.03. The number of rotatable bonds is 9. The lowest BCUT2D eigenvalue weighted by Gasteiger charge is -2.09. The Morgan fingerprint density at radius 1 is 1.13 bits per heavy atom. The number of nitrogens with zero attached hydrogens (tertiary/aromatic N) is 3. The monoisotopic (exact) mass is 419 g/mol. The average Bonchev–Trinajstić information content (AvgIpc) is 3.08. The highest BCUT2D eigenvalue weighted by molar-refractivity contribution is 5.96. The molecule has 160 valence electrons. The molecule has 31 heavy (non-hydrogen) atoms. The van der Waals surface area contributed by atoms with Crippen molar-refractivity contribution < 1.29 is 14.7 Å². The molecular formula is C24H25N3O4. The first-order valence-electron chi connectivity index (χ1n) is 10.2. The number of carboxylic acids is 1. The zero-order valence-electron chi connectivity index (χ0n) is 17.5. The van der Waals surface area contributed by atoms with Gasteiger partial charge in [0.2, 0.25) is 0 Å². The number of hydrogen-bond donors (Lipinski definition) is 1. The molecule has 0 aliphatic rings. The Kier molecular flexibility index (Phi) is 6.97. The number of benzene rings is 2. The summed E-state index contributed by atoms with van der Waals surface area (Å²) >= 11 is 0. The van der Waals surface area contributed by atoms with Crippen molar-refractivity contribution in [2.24, 2.45) is 0 Å². The fourth-order valence-corrected chi connectivity index (χ4v) is 3.39. The Morgan fingerprint density at radius 3 is 2.48 bits per heavy atom. The normalized spacial score (nSPS) is 10.7. The summed E-state index contributed by atoms with van der Waals surface area (Å²) in [6.45, 7) is 5.86. The van der Waals surface area contributed by atoms with Crippen LogP contribution in [0.1, 0.15) is 52.7 Å². The zero-order chi connectivity index (χ0) is 22.4. The summed E-state index contributed by atoms with van der Waals surface area (Å²) in [7, 11) is 0. The van der Waals surface area contributed by atoms with Gasteiger partial charge in [0, 0.05) is 12.8 Å². The number of carbonyl (C=O) groups excluding carboxylic acids is 1. The Balaban J connectivity index is 1.92. The second-order valence-electron chi connectivity index (χ2n) is 7.22. The van der Waals surface area contributed by atoms with Crippen LogP contribution in [0.5, 0.6) is 0 Å². The number of allylic oxidation sites excluding steroid dienone is 1. The van der Waals surface area contributed by atoms with Crippen LogP contribution < -0.4 is 5.69 Å². The smallest absolute Gasteiger partial charge is 0.353 e. The summed E-state index contributed by atoms with van der Waals surface area (Å²) in [4.78, 5) is 36.6. The van der Waals surface area contributed by atoms with Gasteiger partial charge in [-0.25, -0.2) is 9.59 Å². The largest absolute Gasteiger partial charge is 0.478 e. The van der Waals surface area contributed by atoms with Crippen molar-refractivity contribution in [1.29, 1.82) is 0 Å². The van der Waals surface area contributed by atoms with Crippen LogP contribution in [0.25, 0.3) is 11.1 Å². The molecule has 0 amide bonds. The molecule has 0 bridgehead atoms. The fraction of sp³-hybridized carbons (Fsp3) is 0.250. The molecule has 0 atom stereocenters. The van der Waals surface area contributed by atoms with Gasteiger partial charge in [0.05, 0.1) is 12.1 Å². The maximum Gasteiger partial charge on any atom is 0.353 e. The molecule has 2 aromatic carbocycles. The predicted octanol–water partition coefficient (Wildman–Crippen LogP) is 4.02. The van der Waals surface area contributed by atoms with Crippen LogP contribution in [0.3, 0.4) is 0 Å². The van der Waals surface area contributed by atoms with Crippen LogP contribution in [0, 0.1) is 0 Å². The lowest BCUT2D eigenvalue weighted by Crippen LogP contribution is -2.30. The third-order valence-electron chi connectivity index (χ3n) is 4.97. The average molecular weight is 419 g/mol. The molecule has 1 aromatic heterocycles. The van der Waals surface area contributed by atoms with Gasteiger partial charge in [-0.1, -0.05) is 55.5 Å². The van der Waals surface area contributed by atoms with Gasteiger partial charge >= 0.3 is 11.7 Å².